The Morgan fingerprint density at radius 3 is 2.03 bits per heavy atom. The highest BCUT2D eigenvalue weighted by Gasteiger charge is 2.31. The zero-order chi connectivity index (χ0) is 23.3. The van der Waals surface area contributed by atoms with E-state index in [-0.39, 0.29) is 22.7 Å². The molecule has 0 unspecified atom stereocenters. The van der Waals surface area contributed by atoms with E-state index in [1.807, 2.05) is 6.92 Å². The van der Waals surface area contributed by atoms with Gasteiger partial charge in [0.15, 0.2) is 11.6 Å². The molecule has 0 aromatic heterocycles. The van der Waals surface area contributed by atoms with Crippen LogP contribution in [0.15, 0.2) is 23.4 Å². The van der Waals surface area contributed by atoms with E-state index in [4.69, 9.17) is 14.3 Å². The molecule has 0 aliphatic heterocycles. The second-order valence-corrected chi connectivity index (χ2v) is 8.07. The maximum Gasteiger partial charge on any atom is 0.190 e. The number of hydrogen-bond donors (Lipinski definition) is 0. The summed E-state index contributed by atoms with van der Waals surface area (Å²) in [4.78, 5) is 30.7. The van der Waals surface area contributed by atoms with Crippen LogP contribution < -0.4 is 9.47 Å². The number of unbranched alkanes of at least 4 members (excludes halogenated alkanes) is 7. The fourth-order valence-electron chi connectivity index (χ4n) is 3.90. The lowest BCUT2D eigenvalue weighted by Gasteiger charge is -2.20. The summed E-state index contributed by atoms with van der Waals surface area (Å²) in [6, 6.07) is 1.74. The van der Waals surface area contributed by atoms with Crippen molar-refractivity contribution in [3.05, 3.63) is 34.9 Å². The minimum absolute atomic E-state index is 0.230. The van der Waals surface area contributed by atoms with Gasteiger partial charge in [-0.05, 0) is 37.5 Å². The van der Waals surface area contributed by atoms with Crippen molar-refractivity contribution < 1.29 is 23.9 Å². The van der Waals surface area contributed by atoms with Gasteiger partial charge in [0.05, 0.1) is 31.1 Å². The number of fused-ring (bicyclic) bond motifs is 1. The number of methoxy groups -OCH3 is 2. The summed E-state index contributed by atoms with van der Waals surface area (Å²) in [7, 11) is 2.99. The number of nitrogens with zero attached hydrogens (tertiary/aromatic N) is 1. The predicted molar refractivity (Wildman–Crippen MR) is 127 cm³/mol. The molecule has 2 rings (SSSR count). The molecule has 0 bridgehead atoms. The Hall–Kier alpha value is -2.63. The highest BCUT2D eigenvalue weighted by Crippen LogP contribution is 2.38. The Balaban J connectivity index is 2.27. The smallest absolute Gasteiger partial charge is 0.190 e. The van der Waals surface area contributed by atoms with E-state index in [0.29, 0.717) is 35.8 Å². The van der Waals surface area contributed by atoms with Crippen molar-refractivity contribution in [3.8, 4) is 11.5 Å². The molecule has 0 fully saturated rings. The minimum atomic E-state index is -0.280. The molecule has 0 saturated carbocycles. The number of carbonyl (C=O) groups excluding carboxylic acids is 2. The van der Waals surface area contributed by atoms with Crippen LogP contribution in [-0.4, -0.2) is 38.1 Å². The summed E-state index contributed by atoms with van der Waals surface area (Å²) >= 11 is 0. The molecular weight excluding hydrogens is 406 g/mol. The second-order valence-electron chi connectivity index (χ2n) is 8.07. The first-order chi connectivity index (χ1) is 15.6. The Labute approximate surface area is 192 Å². The molecule has 6 heteroatoms. The molecule has 0 N–H and O–H groups in total. The Morgan fingerprint density at radius 1 is 0.812 bits per heavy atom. The zero-order valence-electron chi connectivity index (χ0n) is 20.0. The highest BCUT2D eigenvalue weighted by atomic mass is 16.6. The molecular formula is C26H37NO5. The van der Waals surface area contributed by atoms with E-state index in [1.165, 1.54) is 64.9 Å². The van der Waals surface area contributed by atoms with Crippen molar-refractivity contribution in [2.24, 2.45) is 5.16 Å². The van der Waals surface area contributed by atoms with Crippen LogP contribution >= 0.6 is 0 Å². The second kappa shape index (κ2) is 13.7. The Kier molecular flexibility index (Phi) is 11.0. The maximum atomic E-state index is 12.7. The van der Waals surface area contributed by atoms with Crippen molar-refractivity contribution >= 4 is 17.3 Å². The lowest BCUT2D eigenvalue weighted by Crippen LogP contribution is -2.18. The van der Waals surface area contributed by atoms with Crippen LogP contribution in [0.4, 0.5) is 0 Å². The summed E-state index contributed by atoms with van der Waals surface area (Å²) in [6.45, 7) is 4.75. The molecule has 0 spiro atoms. The van der Waals surface area contributed by atoms with Crippen LogP contribution in [0.3, 0.4) is 0 Å². The Bertz CT molecular complexity index is 841. The van der Waals surface area contributed by atoms with E-state index in [1.54, 1.807) is 6.07 Å². The minimum Gasteiger partial charge on any atom is -0.496 e. The number of ketones is 2. The van der Waals surface area contributed by atoms with Crippen molar-refractivity contribution in [1.82, 2.24) is 0 Å². The summed E-state index contributed by atoms with van der Waals surface area (Å²) in [5, 5.41) is 4.39. The monoisotopic (exact) mass is 443 g/mol. The third kappa shape index (κ3) is 6.68. The number of hydrogen-bond acceptors (Lipinski definition) is 6. The van der Waals surface area contributed by atoms with Crippen LogP contribution in [0.2, 0.25) is 0 Å². The SMILES string of the molecule is CCCCCCCCCC/C(=N/OCCC)c1cc(OC)c2c(c1OC)C(=O)C=CC2=O. The third-order valence-electron chi connectivity index (χ3n) is 5.59. The standard InChI is InChI=1S/C26H37NO5/c1-5-7-8-9-10-11-12-13-14-20(27-32-17-6-2)19-18-23(30-3)24-21(28)15-16-22(29)25(24)26(19)31-4/h15-16,18H,5-14,17H2,1-4H3/b27-20-. The third-order valence-corrected chi connectivity index (χ3v) is 5.59. The van der Waals surface area contributed by atoms with E-state index in [9.17, 15) is 9.59 Å². The first-order valence-corrected chi connectivity index (χ1v) is 11.8. The number of ether oxygens (including phenoxy) is 2. The lowest BCUT2D eigenvalue weighted by atomic mass is 9.88. The average molecular weight is 444 g/mol. The summed E-state index contributed by atoms with van der Waals surface area (Å²) < 4.78 is 11.1. The fourth-order valence-corrected chi connectivity index (χ4v) is 3.90. The number of carbonyl (C=O) groups is 2. The van der Waals surface area contributed by atoms with Crippen LogP contribution in [0, 0.1) is 0 Å². The van der Waals surface area contributed by atoms with Crippen molar-refractivity contribution in [3.63, 3.8) is 0 Å². The summed E-state index contributed by atoms with van der Waals surface area (Å²) in [5.41, 5.74) is 1.81. The van der Waals surface area contributed by atoms with Gasteiger partial charge in [-0.2, -0.15) is 0 Å². The van der Waals surface area contributed by atoms with Gasteiger partial charge in [0.25, 0.3) is 0 Å². The maximum absolute atomic E-state index is 12.7. The van der Waals surface area contributed by atoms with Crippen LogP contribution in [0.1, 0.15) is 104 Å². The number of rotatable bonds is 15. The summed E-state index contributed by atoms with van der Waals surface area (Å²) in [6.07, 6.45) is 13.7. The largest absolute Gasteiger partial charge is 0.496 e. The molecule has 32 heavy (non-hydrogen) atoms. The van der Waals surface area contributed by atoms with Gasteiger partial charge in [-0.15, -0.1) is 0 Å². The van der Waals surface area contributed by atoms with Gasteiger partial charge in [-0.25, -0.2) is 0 Å². The molecule has 0 atom stereocenters. The number of benzene rings is 1. The van der Waals surface area contributed by atoms with Gasteiger partial charge in [0.1, 0.15) is 18.1 Å². The van der Waals surface area contributed by atoms with Gasteiger partial charge in [0, 0.05) is 5.56 Å². The van der Waals surface area contributed by atoms with Crippen LogP contribution in [-0.2, 0) is 4.84 Å². The van der Waals surface area contributed by atoms with Crippen LogP contribution in [0.5, 0.6) is 11.5 Å². The predicted octanol–water partition coefficient (Wildman–Crippen LogP) is 6.30. The fraction of sp³-hybridized carbons (Fsp3) is 0.577. The van der Waals surface area contributed by atoms with Crippen molar-refractivity contribution in [2.75, 3.05) is 20.8 Å². The molecule has 176 valence electrons. The Morgan fingerprint density at radius 2 is 1.44 bits per heavy atom. The summed E-state index contributed by atoms with van der Waals surface area (Å²) in [5.74, 6) is 0.141. The number of oxime groups is 1. The molecule has 0 heterocycles. The molecule has 1 aliphatic carbocycles. The molecule has 6 nitrogen and oxygen atoms in total. The van der Waals surface area contributed by atoms with E-state index < -0.39 is 0 Å². The first kappa shape index (κ1) is 25.6. The van der Waals surface area contributed by atoms with Crippen LogP contribution in [0.25, 0.3) is 0 Å². The quantitative estimate of drug-likeness (QED) is 0.181. The highest BCUT2D eigenvalue weighted by molar-refractivity contribution is 6.25. The molecule has 1 aromatic carbocycles. The van der Waals surface area contributed by atoms with Gasteiger partial charge < -0.3 is 14.3 Å². The lowest BCUT2D eigenvalue weighted by molar-refractivity contribution is 0.0989. The van der Waals surface area contributed by atoms with E-state index in [0.717, 1.165) is 19.3 Å². The molecule has 1 aromatic rings. The molecule has 1 aliphatic rings. The molecule has 0 radical (unpaired) electrons. The first-order valence-electron chi connectivity index (χ1n) is 11.8. The molecule has 0 saturated heterocycles. The molecule has 0 amide bonds. The van der Waals surface area contributed by atoms with E-state index in [2.05, 4.69) is 12.1 Å². The topological polar surface area (TPSA) is 74.2 Å². The van der Waals surface area contributed by atoms with E-state index >= 15 is 0 Å². The van der Waals surface area contributed by atoms with Crippen molar-refractivity contribution in [1.29, 1.82) is 0 Å². The van der Waals surface area contributed by atoms with Gasteiger partial charge in [-0.3, -0.25) is 9.59 Å². The normalized spacial score (nSPS) is 13.3. The van der Waals surface area contributed by atoms with Crippen molar-refractivity contribution in [2.45, 2.75) is 78.1 Å². The number of allylic oxidation sites excluding steroid dienone is 2. The average Bonchev–Trinajstić information content (AvgIpc) is 2.80. The zero-order valence-corrected chi connectivity index (χ0v) is 20.0. The van der Waals surface area contributed by atoms with Gasteiger partial charge >= 0.3 is 0 Å². The van der Waals surface area contributed by atoms with Gasteiger partial charge in [0.2, 0.25) is 0 Å². The van der Waals surface area contributed by atoms with Gasteiger partial charge in [-0.1, -0.05) is 63.9 Å².